The summed E-state index contributed by atoms with van der Waals surface area (Å²) >= 11 is 2.03. The van der Waals surface area contributed by atoms with E-state index in [0.29, 0.717) is 0 Å². The Morgan fingerprint density at radius 1 is 1.00 bits per heavy atom. The highest BCUT2D eigenvalue weighted by Crippen LogP contribution is 2.08. The molecule has 0 aromatic rings. The SMILES string of the molecule is CC(C)C/C=C\CSCC(C)C. The van der Waals surface area contributed by atoms with Crippen LogP contribution in [-0.4, -0.2) is 11.5 Å². The van der Waals surface area contributed by atoms with Gasteiger partial charge in [-0.25, -0.2) is 0 Å². The highest BCUT2D eigenvalue weighted by Gasteiger charge is 1.91. The third kappa shape index (κ3) is 10.1. The molecule has 0 aliphatic heterocycles. The van der Waals surface area contributed by atoms with Crippen molar-refractivity contribution in [3.05, 3.63) is 12.2 Å². The molecule has 0 aliphatic rings. The van der Waals surface area contributed by atoms with Gasteiger partial charge < -0.3 is 0 Å². The number of thioether (sulfide) groups is 1. The average molecular weight is 186 g/mol. The Hall–Kier alpha value is 0.0900. The van der Waals surface area contributed by atoms with E-state index in [1.165, 1.54) is 17.9 Å². The summed E-state index contributed by atoms with van der Waals surface area (Å²) in [4.78, 5) is 0. The summed E-state index contributed by atoms with van der Waals surface area (Å²) in [5, 5.41) is 0. The number of hydrogen-bond donors (Lipinski definition) is 0. The van der Waals surface area contributed by atoms with Gasteiger partial charge in [0.1, 0.15) is 0 Å². The standard InChI is InChI=1S/C11H22S/c1-10(2)7-5-6-8-12-9-11(3)4/h5-6,10-11H,7-9H2,1-4H3/b6-5-. The number of allylic oxidation sites excluding steroid dienone is 1. The molecule has 0 N–H and O–H groups in total. The minimum Gasteiger partial charge on any atom is -0.158 e. The zero-order valence-electron chi connectivity index (χ0n) is 8.84. The molecule has 0 rings (SSSR count). The van der Waals surface area contributed by atoms with Gasteiger partial charge in [-0.3, -0.25) is 0 Å². The van der Waals surface area contributed by atoms with Crippen LogP contribution < -0.4 is 0 Å². The summed E-state index contributed by atoms with van der Waals surface area (Å²) in [5.74, 6) is 4.10. The number of hydrogen-bond acceptors (Lipinski definition) is 1. The third-order valence-corrected chi connectivity index (χ3v) is 2.77. The summed E-state index contributed by atoms with van der Waals surface area (Å²) in [6.45, 7) is 9.05. The Bertz CT molecular complexity index is 114. The zero-order chi connectivity index (χ0) is 9.40. The second kappa shape index (κ2) is 7.72. The minimum absolute atomic E-state index is 0.802. The largest absolute Gasteiger partial charge is 0.158 e. The van der Waals surface area contributed by atoms with Gasteiger partial charge in [-0.2, -0.15) is 11.8 Å². The third-order valence-electron chi connectivity index (χ3n) is 1.44. The van der Waals surface area contributed by atoms with Gasteiger partial charge in [-0.05, 0) is 24.0 Å². The second-order valence-corrected chi connectivity index (χ2v) is 5.11. The first-order chi connectivity index (χ1) is 5.63. The molecule has 0 atom stereocenters. The second-order valence-electron chi connectivity index (χ2n) is 4.03. The van der Waals surface area contributed by atoms with Crippen LogP contribution in [0, 0.1) is 11.8 Å². The van der Waals surface area contributed by atoms with Crippen LogP contribution in [0.5, 0.6) is 0 Å². The summed E-state index contributed by atoms with van der Waals surface area (Å²) in [6, 6.07) is 0. The van der Waals surface area contributed by atoms with Gasteiger partial charge in [-0.1, -0.05) is 39.8 Å². The lowest BCUT2D eigenvalue weighted by Crippen LogP contribution is -1.90. The molecule has 0 aliphatic carbocycles. The van der Waals surface area contributed by atoms with Crippen molar-refractivity contribution >= 4 is 11.8 Å². The molecule has 0 aromatic heterocycles. The van der Waals surface area contributed by atoms with Crippen LogP contribution >= 0.6 is 11.8 Å². The molecule has 0 radical (unpaired) electrons. The lowest BCUT2D eigenvalue weighted by Gasteiger charge is -2.01. The molecule has 1 heteroatoms. The van der Waals surface area contributed by atoms with Crippen molar-refractivity contribution in [2.24, 2.45) is 11.8 Å². The Morgan fingerprint density at radius 3 is 2.17 bits per heavy atom. The average Bonchev–Trinajstić information content (AvgIpc) is 1.95. The predicted octanol–water partition coefficient (Wildman–Crippen LogP) is 3.98. The molecular weight excluding hydrogens is 164 g/mol. The van der Waals surface area contributed by atoms with E-state index in [0.717, 1.165) is 11.8 Å². The van der Waals surface area contributed by atoms with E-state index >= 15 is 0 Å². The van der Waals surface area contributed by atoms with Crippen molar-refractivity contribution in [3.8, 4) is 0 Å². The van der Waals surface area contributed by atoms with Crippen LogP contribution in [-0.2, 0) is 0 Å². The van der Waals surface area contributed by atoms with Gasteiger partial charge in [0.15, 0.2) is 0 Å². The molecule has 0 aromatic carbocycles. The normalized spacial score (nSPS) is 12.2. The fourth-order valence-corrected chi connectivity index (χ4v) is 1.69. The van der Waals surface area contributed by atoms with Crippen LogP contribution in [0.15, 0.2) is 12.2 Å². The van der Waals surface area contributed by atoms with E-state index in [2.05, 4.69) is 39.8 Å². The molecule has 0 heterocycles. The van der Waals surface area contributed by atoms with Crippen molar-refractivity contribution in [2.45, 2.75) is 34.1 Å². The number of rotatable bonds is 6. The quantitative estimate of drug-likeness (QED) is 0.446. The molecule has 0 bridgehead atoms. The maximum atomic E-state index is 2.30. The molecule has 0 saturated heterocycles. The lowest BCUT2D eigenvalue weighted by atomic mass is 10.1. The van der Waals surface area contributed by atoms with Crippen molar-refractivity contribution in [3.63, 3.8) is 0 Å². The molecule has 0 spiro atoms. The van der Waals surface area contributed by atoms with Crippen LogP contribution in [0.2, 0.25) is 0 Å². The van der Waals surface area contributed by atoms with Crippen molar-refractivity contribution in [1.82, 2.24) is 0 Å². The monoisotopic (exact) mass is 186 g/mol. The Morgan fingerprint density at radius 2 is 1.67 bits per heavy atom. The Labute approximate surface area is 81.8 Å². The van der Waals surface area contributed by atoms with E-state index in [9.17, 15) is 0 Å². The Kier molecular flexibility index (Phi) is 7.78. The zero-order valence-corrected chi connectivity index (χ0v) is 9.66. The van der Waals surface area contributed by atoms with E-state index < -0.39 is 0 Å². The molecular formula is C11H22S. The van der Waals surface area contributed by atoms with Crippen molar-refractivity contribution < 1.29 is 0 Å². The van der Waals surface area contributed by atoms with Crippen molar-refractivity contribution in [2.75, 3.05) is 11.5 Å². The summed E-state index contributed by atoms with van der Waals surface area (Å²) < 4.78 is 0. The van der Waals surface area contributed by atoms with Crippen LogP contribution in [0.4, 0.5) is 0 Å². The van der Waals surface area contributed by atoms with Gasteiger partial charge in [0, 0.05) is 5.75 Å². The fourth-order valence-electron chi connectivity index (χ4n) is 0.808. The maximum Gasteiger partial charge on any atom is 0.0113 e. The van der Waals surface area contributed by atoms with E-state index in [4.69, 9.17) is 0 Å². The molecule has 0 fully saturated rings. The maximum absolute atomic E-state index is 2.30. The smallest absolute Gasteiger partial charge is 0.0113 e. The Balaban J connectivity index is 3.13. The van der Waals surface area contributed by atoms with E-state index in [-0.39, 0.29) is 0 Å². The molecule has 72 valence electrons. The van der Waals surface area contributed by atoms with Gasteiger partial charge in [0.05, 0.1) is 0 Å². The summed E-state index contributed by atoms with van der Waals surface area (Å²) in [5.41, 5.74) is 0. The van der Waals surface area contributed by atoms with E-state index in [1.807, 2.05) is 11.8 Å². The van der Waals surface area contributed by atoms with Gasteiger partial charge in [0.2, 0.25) is 0 Å². The van der Waals surface area contributed by atoms with Crippen LogP contribution in [0.25, 0.3) is 0 Å². The van der Waals surface area contributed by atoms with Crippen molar-refractivity contribution in [1.29, 1.82) is 0 Å². The molecule has 0 saturated carbocycles. The van der Waals surface area contributed by atoms with Gasteiger partial charge in [-0.15, -0.1) is 0 Å². The predicted molar refractivity (Wildman–Crippen MR) is 60.8 cm³/mol. The highest BCUT2D eigenvalue weighted by molar-refractivity contribution is 7.99. The summed E-state index contributed by atoms with van der Waals surface area (Å²) in [6.07, 6.45) is 5.83. The molecule has 0 amide bonds. The lowest BCUT2D eigenvalue weighted by molar-refractivity contribution is 0.663. The van der Waals surface area contributed by atoms with Gasteiger partial charge in [0.25, 0.3) is 0 Å². The van der Waals surface area contributed by atoms with E-state index in [1.54, 1.807) is 0 Å². The highest BCUT2D eigenvalue weighted by atomic mass is 32.2. The van der Waals surface area contributed by atoms with Crippen LogP contribution in [0.1, 0.15) is 34.1 Å². The molecule has 0 unspecified atom stereocenters. The molecule has 12 heavy (non-hydrogen) atoms. The first-order valence-electron chi connectivity index (χ1n) is 4.85. The first-order valence-corrected chi connectivity index (χ1v) is 6.01. The van der Waals surface area contributed by atoms with Gasteiger partial charge >= 0.3 is 0 Å². The minimum atomic E-state index is 0.802. The molecule has 0 nitrogen and oxygen atoms in total. The fraction of sp³-hybridized carbons (Fsp3) is 0.818. The first kappa shape index (κ1) is 12.1. The summed E-state index contributed by atoms with van der Waals surface area (Å²) in [7, 11) is 0. The van der Waals surface area contributed by atoms with Crippen LogP contribution in [0.3, 0.4) is 0 Å². The topological polar surface area (TPSA) is 0 Å².